The molecule has 8 heteroatoms. The van der Waals surface area contributed by atoms with Gasteiger partial charge in [0.2, 0.25) is 5.13 Å². The minimum absolute atomic E-state index is 0.0840. The summed E-state index contributed by atoms with van der Waals surface area (Å²) in [6.45, 7) is 1.92. The van der Waals surface area contributed by atoms with Crippen LogP contribution in [0.3, 0.4) is 0 Å². The molecule has 1 amide bonds. The van der Waals surface area contributed by atoms with E-state index in [0.717, 1.165) is 23.2 Å². The molecule has 112 valence electrons. The third kappa shape index (κ3) is 2.73. The molecule has 0 aliphatic carbocycles. The molecule has 6 nitrogen and oxygen atoms in total. The van der Waals surface area contributed by atoms with Crippen molar-refractivity contribution in [2.75, 3.05) is 5.32 Å². The van der Waals surface area contributed by atoms with Crippen LogP contribution in [0.5, 0.6) is 0 Å². The molecule has 3 rings (SSSR count). The predicted octanol–water partition coefficient (Wildman–Crippen LogP) is 2.60. The zero-order chi connectivity index (χ0) is 15.7. The summed E-state index contributed by atoms with van der Waals surface area (Å²) in [5.41, 5.74) is -0.344. The number of carbonyl (C=O) groups is 1. The number of rotatable bonds is 3. The van der Waals surface area contributed by atoms with E-state index in [-0.39, 0.29) is 16.7 Å². The molecule has 0 atom stereocenters. The van der Waals surface area contributed by atoms with E-state index in [0.29, 0.717) is 11.6 Å². The number of anilines is 1. The summed E-state index contributed by atoms with van der Waals surface area (Å²) in [7, 11) is 0. The number of hydrogen-bond donors (Lipinski definition) is 1. The van der Waals surface area contributed by atoms with E-state index in [1.165, 1.54) is 17.4 Å². The first-order valence-electron chi connectivity index (χ1n) is 6.44. The number of aromatic nitrogens is 2. The number of benzene rings is 1. The van der Waals surface area contributed by atoms with Gasteiger partial charge in [-0.05, 0) is 24.6 Å². The lowest BCUT2D eigenvalue weighted by Gasteiger charge is -2.02. The van der Waals surface area contributed by atoms with Crippen LogP contribution in [0.1, 0.15) is 22.5 Å². The SMILES string of the molecule is CCc1nnc(NC(=O)c2cc(=O)c3cc(F)ccc3o2)s1. The molecule has 0 aliphatic rings. The maximum atomic E-state index is 13.1. The van der Waals surface area contributed by atoms with Crippen molar-refractivity contribution in [2.24, 2.45) is 0 Å². The van der Waals surface area contributed by atoms with Gasteiger partial charge in [-0.3, -0.25) is 14.9 Å². The highest BCUT2D eigenvalue weighted by Crippen LogP contribution is 2.18. The van der Waals surface area contributed by atoms with Crippen molar-refractivity contribution in [3.05, 3.63) is 51.1 Å². The molecule has 0 saturated heterocycles. The molecule has 2 aromatic heterocycles. The number of nitrogens with zero attached hydrogens (tertiary/aromatic N) is 2. The van der Waals surface area contributed by atoms with Gasteiger partial charge in [0.1, 0.15) is 16.4 Å². The molecule has 0 saturated carbocycles. The fraction of sp³-hybridized carbons (Fsp3) is 0.143. The van der Waals surface area contributed by atoms with Crippen LogP contribution in [-0.4, -0.2) is 16.1 Å². The fourth-order valence-electron chi connectivity index (χ4n) is 1.85. The Morgan fingerprint density at radius 3 is 2.91 bits per heavy atom. The Kier molecular flexibility index (Phi) is 3.68. The summed E-state index contributed by atoms with van der Waals surface area (Å²) >= 11 is 1.24. The van der Waals surface area contributed by atoms with E-state index in [1.807, 2.05) is 6.92 Å². The Bertz CT molecular complexity index is 919. The zero-order valence-electron chi connectivity index (χ0n) is 11.4. The van der Waals surface area contributed by atoms with E-state index < -0.39 is 17.2 Å². The van der Waals surface area contributed by atoms with Crippen LogP contribution in [0.4, 0.5) is 9.52 Å². The average Bonchev–Trinajstić information content (AvgIpc) is 2.95. The van der Waals surface area contributed by atoms with Crippen LogP contribution in [-0.2, 0) is 6.42 Å². The number of halogens is 1. The van der Waals surface area contributed by atoms with Crippen LogP contribution >= 0.6 is 11.3 Å². The second-order valence-electron chi connectivity index (χ2n) is 4.42. The van der Waals surface area contributed by atoms with Gasteiger partial charge in [0, 0.05) is 6.07 Å². The third-order valence-corrected chi connectivity index (χ3v) is 3.89. The summed E-state index contributed by atoms with van der Waals surface area (Å²) in [5, 5.41) is 11.4. The smallest absolute Gasteiger partial charge is 0.293 e. The summed E-state index contributed by atoms with van der Waals surface area (Å²) in [6.07, 6.45) is 0.712. The van der Waals surface area contributed by atoms with E-state index >= 15 is 0 Å². The largest absolute Gasteiger partial charge is 0.451 e. The number of aryl methyl sites for hydroxylation is 1. The van der Waals surface area contributed by atoms with Gasteiger partial charge in [-0.1, -0.05) is 18.3 Å². The molecule has 0 spiro atoms. The summed E-state index contributed by atoms with van der Waals surface area (Å²) in [4.78, 5) is 24.0. The first kappa shape index (κ1) is 14.3. The van der Waals surface area contributed by atoms with Crippen molar-refractivity contribution < 1.29 is 13.6 Å². The quantitative estimate of drug-likeness (QED) is 0.802. The molecule has 22 heavy (non-hydrogen) atoms. The van der Waals surface area contributed by atoms with Gasteiger partial charge >= 0.3 is 0 Å². The van der Waals surface area contributed by atoms with Crippen LogP contribution in [0.25, 0.3) is 11.0 Å². The molecular weight excluding hydrogens is 309 g/mol. The maximum absolute atomic E-state index is 13.1. The number of amides is 1. The van der Waals surface area contributed by atoms with Crippen molar-refractivity contribution in [3.63, 3.8) is 0 Å². The highest BCUT2D eigenvalue weighted by molar-refractivity contribution is 7.15. The first-order chi connectivity index (χ1) is 10.6. The summed E-state index contributed by atoms with van der Waals surface area (Å²) in [6, 6.07) is 4.56. The predicted molar refractivity (Wildman–Crippen MR) is 79.7 cm³/mol. The normalized spacial score (nSPS) is 10.8. The van der Waals surface area contributed by atoms with Crippen molar-refractivity contribution in [1.29, 1.82) is 0 Å². The maximum Gasteiger partial charge on any atom is 0.293 e. The molecule has 0 fully saturated rings. The topological polar surface area (TPSA) is 85.1 Å². The first-order valence-corrected chi connectivity index (χ1v) is 7.25. The molecule has 3 aromatic rings. The minimum atomic E-state index is -0.609. The van der Waals surface area contributed by atoms with Gasteiger partial charge in [0.15, 0.2) is 11.2 Å². The lowest BCUT2D eigenvalue weighted by molar-refractivity contribution is 0.0997. The van der Waals surface area contributed by atoms with Gasteiger partial charge in [0.05, 0.1) is 5.39 Å². The van der Waals surface area contributed by atoms with Gasteiger partial charge in [-0.15, -0.1) is 10.2 Å². The lowest BCUT2D eigenvalue weighted by atomic mass is 10.2. The summed E-state index contributed by atoms with van der Waals surface area (Å²) < 4.78 is 18.5. The van der Waals surface area contributed by atoms with Gasteiger partial charge in [-0.2, -0.15) is 0 Å². The number of hydrogen-bond acceptors (Lipinski definition) is 6. The molecule has 0 bridgehead atoms. The van der Waals surface area contributed by atoms with Crippen LogP contribution in [0, 0.1) is 5.82 Å². The van der Waals surface area contributed by atoms with Crippen LogP contribution in [0.2, 0.25) is 0 Å². The number of fused-ring (bicyclic) bond motifs is 1. The van der Waals surface area contributed by atoms with Crippen molar-refractivity contribution in [1.82, 2.24) is 10.2 Å². The number of nitrogens with one attached hydrogen (secondary N) is 1. The molecule has 1 aromatic carbocycles. The van der Waals surface area contributed by atoms with Crippen molar-refractivity contribution >= 4 is 33.3 Å². The van der Waals surface area contributed by atoms with Crippen LogP contribution < -0.4 is 10.7 Å². The average molecular weight is 319 g/mol. The standard InChI is InChI=1S/C14H10FN3O3S/c1-2-12-17-18-14(22-12)16-13(20)11-6-9(19)8-5-7(15)3-4-10(8)21-11/h3-6H,2H2,1H3,(H,16,18,20). The van der Waals surface area contributed by atoms with Gasteiger partial charge < -0.3 is 4.42 Å². The Morgan fingerprint density at radius 2 is 2.18 bits per heavy atom. The Morgan fingerprint density at radius 1 is 1.36 bits per heavy atom. The van der Waals surface area contributed by atoms with E-state index in [2.05, 4.69) is 15.5 Å². The fourth-order valence-corrected chi connectivity index (χ4v) is 2.52. The minimum Gasteiger partial charge on any atom is -0.451 e. The molecule has 1 N–H and O–H groups in total. The van der Waals surface area contributed by atoms with Gasteiger partial charge in [0.25, 0.3) is 5.91 Å². The number of carbonyl (C=O) groups excluding carboxylic acids is 1. The van der Waals surface area contributed by atoms with Gasteiger partial charge in [-0.25, -0.2) is 4.39 Å². The molecule has 0 unspecified atom stereocenters. The summed E-state index contributed by atoms with van der Waals surface area (Å²) in [5.74, 6) is -1.32. The highest BCUT2D eigenvalue weighted by atomic mass is 32.1. The molecular formula is C14H10FN3O3S. The molecule has 0 radical (unpaired) electrons. The zero-order valence-corrected chi connectivity index (χ0v) is 12.2. The van der Waals surface area contributed by atoms with Crippen LogP contribution in [0.15, 0.2) is 33.5 Å². The lowest BCUT2D eigenvalue weighted by Crippen LogP contribution is -2.14. The van der Waals surface area contributed by atoms with E-state index in [1.54, 1.807) is 0 Å². The van der Waals surface area contributed by atoms with Crippen molar-refractivity contribution in [3.8, 4) is 0 Å². The Balaban J connectivity index is 1.94. The van der Waals surface area contributed by atoms with E-state index in [9.17, 15) is 14.0 Å². The van der Waals surface area contributed by atoms with E-state index in [4.69, 9.17) is 4.42 Å². The molecule has 0 aliphatic heterocycles. The monoisotopic (exact) mass is 319 g/mol. The van der Waals surface area contributed by atoms with Crippen molar-refractivity contribution in [2.45, 2.75) is 13.3 Å². The third-order valence-electron chi connectivity index (χ3n) is 2.90. The molecule has 2 heterocycles. The highest BCUT2D eigenvalue weighted by Gasteiger charge is 2.15. The Hall–Kier alpha value is -2.61. The second kappa shape index (κ2) is 5.64. The Labute approximate surface area is 127 Å². The second-order valence-corrected chi connectivity index (χ2v) is 5.49.